The van der Waals surface area contributed by atoms with Gasteiger partial charge >= 0.3 is 6.18 Å². The summed E-state index contributed by atoms with van der Waals surface area (Å²) in [6.45, 7) is 0. The highest BCUT2D eigenvalue weighted by atomic mass is 19.4. The number of halogens is 5. The normalized spacial score (nSPS) is 22.0. The van der Waals surface area contributed by atoms with Gasteiger partial charge in [0.05, 0.1) is 5.56 Å². The molecule has 0 radical (unpaired) electrons. The number of rotatable bonds is 1. The zero-order valence-corrected chi connectivity index (χ0v) is 12.5. The van der Waals surface area contributed by atoms with Crippen LogP contribution in [0.15, 0.2) is 42.0 Å². The Kier molecular flexibility index (Phi) is 3.31. The molecule has 0 spiro atoms. The van der Waals surface area contributed by atoms with Crippen molar-refractivity contribution in [3.05, 3.63) is 75.9 Å². The average molecular weight is 336 g/mol. The van der Waals surface area contributed by atoms with Gasteiger partial charge in [0.2, 0.25) is 0 Å². The second-order valence-corrected chi connectivity index (χ2v) is 6.34. The lowest BCUT2D eigenvalue weighted by Crippen LogP contribution is -2.04. The maximum atomic E-state index is 13.5. The minimum atomic E-state index is -4.36. The molecule has 2 aromatic carbocycles. The van der Waals surface area contributed by atoms with E-state index in [9.17, 15) is 22.0 Å². The van der Waals surface area contributed by atoms with Gasteiger partial charge in [0.1, 0.15) is 0 Å². The Morgan fingerprint density at radius 2 is 1.33 bits per heavy atom. The van der Waals surface area contributed by atoms with E-state index in [1.165, 1.54) is 24.3 Å². The number of allylic oxidation sites excluding steroid dienone is 1. The first-order valence-corrected chi connectivity index (χ1v) is 7.72. The van der Waals surface area contributed by atoms with Crippen molar-refractivity contribution in [3.8, 4) is 0 Å². The highest BCUT2D eigenvalue weighted by Gasteiger charge is 2.42. The summed E-state index contributed by atoms with van der Waals surface area (Å²) in [5.41, 5.74) is 2.64. The predicted molar refractivity (Wildman–Crippen MR) is 80.5 cm³/mol. The van der Waals surface area contributed by atoms with Crippen molar-refractivity contribution in [2.45, 2.75) is 30.9 Å². The third kappa shape index (κ3) is 2.34. The van der Waals surface area contributed by atoms with E-state index in [0.717, 1.165) is 41.7 Å². The number of hydrogen-bond acceptors (Lipinski definition) is 0. The molecule has 2 atom stereocenters. The van der Waals surface area contributed by atoms with Crippen LogP contribution in [0.2, 0.25) is 0 Å². The lowest BCUT2D eigenvalue weighted by Gasteiger charge is -2.13. The van der Waals surface area contributed by atoms with Gasteiger partial charge < -0.3 is 0 Å². The summed E-state index contributed by atoms with van der Waals surface area (Å²) in [6, 6.07) is 7.48. The molecule has 0 aromatic heterocycles. The monoisotopic (exact) mass is 336 g/mol. The van der Waals surface area contributed by atoms with Gasteiger partial charge in [-0.1, -0.05) is 23.8 Å². The molecule has 2 aliphatic carbocycles. The summed E-state index contributed by atoms with van der Waals surface area (Å²) in [5, 5.41) is 0. The Labute approximate surface area is 135 Å². The summed E-state index contributed by atoms with van der Waals surface area (Å²) in [7, 11) is 0. The molecule has 4 rings (SSSR count). The summed E-state index contributed by atoms with van der Waals surface area (Å²) in [4.78, 5) is 0. The first-order valence-electron chi connectivity index (χ1n) is 7.72. The highest BCUT2D eigenvalue weighted by Crippen LogP contribution is 2.57. The molecule has 124 valence electrons. The maximum Gasteiger partial charge on any atom is 0.416 e. The number of fused-ring (bicyclic) bond motifs is 5. The molecule has 1 saturated carbocycles. The number of benzene rings is 2. The molecular formula is C19H13F5. The average Bonchev–Trinajstić information content (AvgIpc) is 3.03. The van der Waals surface area contributed by atoms with Gasteiger partial charge in [-0.15, -0.1) is 0 Å². The van der Waals surface area contributed by atoms with Crippen LogP contribution in [-0.4, -0.2) is 0 Å². The third-order valence-electron chi connectivity index (χ3n) is 5.00. The maximum absolute atomic E-state index is 13.5. The SMILES string of the molecule is Fc1cc2c(cc1F)C1CCC2C1=Cc1ccc(C(F)(F)F)cc1. The molecule has 0 saturated heterocycles. The van der Waals surface area contributed by atoms with Gasteiger partial charge in [-0.3, -0.25) is 0 Å². The minimum absolute atomic E-state index is 0.0300. The molecule has 0 aliphatic heterocycles. The smallest absolute Gasteiger partial charge is 0.204 e. The van der Waals surface area contributed by atoms with Gasteiger partial charge in [0.15, 0.2) is 11.6 Å². The van der Waals surface area contributed by atoms with Crippen LogP contribution < -0.4 is 0 Å². The number of hydrogen-bond donors (Lipinski definition) is 0. The van der Waals surface area contributed by atoms with Crippen LogP contribution in [0, 0.1) is 11.6 Å². The standard InChI is InChI=1S/C19H13F5/c20-17-8-15-12-5-6-13(16(15)9-18(17)21)14(12)7-10-1-3-11(4-2-10)19(22,23)24/h1-4,7-9,12-13H,5-6H2. The second-order valence-electron chi connectivity index (χ2n) is 6.34. The molecule has 0 N–H and O–H groups in total. The van der Waals surface area contributed by atoms with Crippen LogP contribution in [-0.2, 0) is 6.18 Å². The fraction of sp³-hybridized carbons (Fsp3) is 0.263. The molecule has 0 heterocycles. The summed E-state index contributed by atoms with van der Waals surface area (Å²) >= 11 is 0. The van der Waals surface area contributed by atoms with Crippen LogP contribution in [0.25, 0.3) is 6.08 Å². The van der Waals surface area contributed by atoms with E-state index < -0.39 is 23.4 Å². The molecule has 24 heavy (non-hydrogen) atoms. The van der Waals surface area contributed by atoms with Gasteiger partial charge in [-0.05, 0) is 53.8 Å². The molecule has 0 nitrogen and oxygen atoms in total. The van der Waals surface area contributed by atoms with Gasteiger partial charge in [0.25, 0.3) is 0 Å². The largest absolute Gasteiger partial charge is 0.416 e. The first kappa shape index (κ1) is 15.4. The van der Waals surface area contributed by atoms with Crippen molar-refractivity contribution < 1.29 is 22.0 Å². The van der Waals surface area contributed by atoms with Crippen LogP contribution in [0.3, 0.4) is 0 Å². The Morgan fingerprint density at radius 1 is 0.833 bits per heavy atom. The zero-order valence-electron chi connectivity index (χ0n) is 12.5. The molecule has 2 aromatic rings. The fourth-order valence-electron chi connectivity index (χ4n) is 3.92. The van der Waals surface area contributed by atoms with Crippen molar-refractivity contribution in [2.75, 3.05) is 0 Å². The topological polar surface area (TPSA) is 0 Å². The quantitative estimate of drug-likeness (QED) is 0.557. The van der Waals surface area contributed by atoms with Crippen LogP contribution in [0.4, 0.5) is 22.0 Å². The van der Waals surface area contributed by atoms with Crippen molar-refractivity contribution in [1.82, 2.24) is 0 Å². The Balaban J connectivity index is 1.70. The molecule has 5 heteroatoms. The van der Waals surface area contributed by atoms with Gasteiger partial charge in [-0.25, -0.2) is 8.78 Å². The van der Waals surface area contributed by atoms with Crippen LogP contribution in [0.5, 0.6) is 0 Å². The molecule has 2 aliphatic rings. The first-order chi connectivity index (χ1) is 11.3. The van der Waals surface area contributed by atoms with Crippen molar-refractivity contribution in [1.29, 1.82) is 0 Å². The molecule has 2 bridgehead atoms. The highest BCUT2D eigenvalue weighted by molar-refractivity contribution is 5.65. The van der Waals surface area contributed by atoms with E-state index in [1.807, 2.05) is 6.08 Å². The second kappa shape index (κ2) is 5.16. The Morgan fingerprint density at radius 3 is 1.79 bits per heavy atom. The van der Waals surface area contributed by atoms with Crippen molar-refractivity contribution in [2.24, 2.45) is 0 Å². The Hall–Kier alpha value is -2.17. The predicted octanol–water partition coefficient (Wildman–Crippen LogP) is 6.04. The van der Waals surface area contributed by atoms with Crippen molar-refractivity contribution >= 4 is 6.08 Å². The third-order valence-corrected chi connectivity index (χ3v) is 5.00. The van der Waals surface area contributed by atoms with Gasteiger partial charge in [-0.2, -0.15) is 13.2 Å². The van der Waals surface area contributed by atoms with E-state index >= 15 is 0 Å². The molecular weight excluding hydrogens is 323 g/mol. The fourth-order valence-corrected chi connectivity index (χ4v) is 3.92. The molecule has 2 unspecified atom stereocenters. The van der Waals surface area contributed by atoms with Crippen LogP contribution >= 0.6 is 0 Å². The van der Waals surface area contributed by atoms with E-state index in [0.29, 0.717) is 5.56 Å². The van der Waals surface area contributed by atoms with E-state index in [-0.39, 0.29) is 11.8 Å². The molecule has 0 amide bonds. The lowest BCUT2D eigenvalue weighted by atomic mass is 9.92. The van der Waals surface area contributed by atoms with E-state index in [4.69, 9.17) is 0 Å². The zero-order chi connectivity index (χ0) is 17.1. The van der Waals surface area contributed by atoms with Crippen LogP contribution in [0.1, 0.15) is 46.9 Å². The summed E-state index contributed by atoms with van der Waals surface area (Å²) < 4.78 is 64.9. The summed E-state index contributed by atoms with van der Waals surface area (Å²) in [6.07, 6.45) is -0.786. The minimum Gasteiger partial charge on any atom is -0.204 e. The van der Waals surface area contributed by atoms with Gasteiger partial charge in [0, 0.05) is 11.8 Å². The van der Waals surface area contributed by atoms with E-state index in [1.54, 1.807) is 0 Å². The Bertz CT molecular complexity index is 791. The van der Waals surface area contributed by atoms with Crippen molar-refractivity contribution in [3.63, 3.8) is 0 Å². The summed E-state index contributed by atoms with van der Waals surface area (Å²) in [5.74, 6) is -1.64. The van der Waals surface area contributed by atoms with E-state index in [2.05, 4.69) is 0 Å². The molecule has 1 fully saturated rings. The lowest BCUT2D eigenvalue weighted by molar-refractivity contribution is -0.137. The number of alkyl halides is 3.